The van der Waals surface area contributed by atoms with Crippen molar-refractivity contribution in [2.75, 3.05) is 19.8 Å². The molecule has 0 saturated heterocycles. The monoisotopic (exact) mass is 324 g/mol. The summed E-state index contributed by atoms with van der Waals surface area (Å²) >= 11 is 0. The number of nitrogens with zero attached hydrogens (tertiary/aromatic N) is 1. The van der Waals surface area contributed by atoms with E-state index in [9.17, 15) is 13.2 Å². The molecule has 1 fully saturated rings. The predicted molar refractivity (Wildman–Crippen MR) is 86.9 cm³/mol. The number of hydrogen-bond acceptors (Lipinski definition) is 4. The van der Waals surface area contributed by atoms with Gasteiger partial charge in [0.2, 0.25) is 0 Å². The van der Waals surface area contributed by atoms with Gasteiger partial charge in [-0.05, 0) is 51.4 Å². The molecule has 1 amide bonds. The number of amides is 1. The zero-order valence-electron chi connectivity index (χ0n) is 13.6. The molecule has 1 aromatic carbocycles. The minimum Gasteiger partial charge on any atom is -0.350 e. The molecule has 5 nitrogen and oxygen atoms in total. The van der Waals surface area contributed by atoms with E-state index in [1.807, 2.05) is 0 Å². The van der Waals surface area contributed by atoms with Gasteiger partial charge in [0.05, 0.1) is 4.90 Å². The molecular weight excluding hydrogens is 300 g/mol. The van der Waals surface area contributed by atoms with Crippen LogP contribution in [0.5, 0.6) is 0 Å². The van der Waals surface area contributed by atoms with E-state index in [1.165, 1.54) is 25.0 Å². The highest BCUT2D eigenvalue weighted by Crippen LogP contribution is 2.26. The van der Waals surface area contributed by atoms with Crippen LogP contribution in [0.4, 0.5) is 0 Å². The van der Waals surface area contributed by atoms with E-state index in [0.717, 1.165) is 11.8 Å². The Hall–Kier alpha value is -1.40. The summed E-state index contributed by atoms with van der Waals surface area (Å²) in [5.41, 5.74) is 1.19. The Balaban J connectivity index is 2.05. The average molecular weight is 324 g/mol. The lowest BCUT2D eigenvalue weighted by Crippen LogP contribution is -2.41. The minimum atomic E-state index is -3.31. The highest BCUT2D eigenvalue weighted by Gasteiger charge is 2.29. The molecule has 1 atom stereocenters. The molecule has 6 heteroatoms. The SMILES string of the molecule is Cc1ccc(S(C)(=O)=O)cc1C(=O)NCC(C)N(C)C1CC1. The van der Waals surface area contributed by atoms with Crippen LogP contribution in [0.3, 0.4) is 0 Å². The first kappa shape index (κ1) is 17.0. The lowest BCUT2D eigenvalue weighted by molar-refractivity contribution is 0.0938. The lowest BCUT2D eigenvalue weighted by Gasteiger charge is -2.24. The first-order chi connectivity index (χ1) is 10.2. The molecular formula is C16H24N2O3S. The highest BCUT2D eigenvalue weighted by molar-refractivity contribution is 7.90. The molecule has 0 radical (unpaired) electrons. The summed E-state index contributed by atoms with van der Waals surface area (Å²) in [4.78, 5) is 14.8. The highest BCUT2D eigenvalue weighted by atomic mass is 32.2. The van der Waals surface area contributed by atoms with E-state index < -0.39 is 9.84 Å². The molecule has 0 bridgehead atoms. The van der Waals surface area contributed by atoms with E-state index in [-0.39, 0.29) is 16.8 Å². The summed E-state index contributed by atoms with van der Waals surface area (Å²) in [5, 5.41) is 2.91. The summed E-state index contributed by atoms with van der Waals surface area (Å²) < 4.78 is 23.2. The van der Waals surface area contributed by atoms with Gasteiger partial charge in [-0.25, -0.2) is 8.42 Å². The number of likely N-dealkylation sites (N-methyl/N-ethyl adjacent to an activating group) is 1. The summed E-state index contributed by atoms with van der Waals surface area (Å²) in [5.74, 6) is -0.223. The second kappa shape index (κ2) is 6.38. The lowest BCUT2D eigenvalue weighted by atomic mass is 10.1. The van der Waals surface area contributed by atoms with Gasteiger partial charge in [0.25, 0.3) is 5.91 Å². The van der Waals surface area contributed by atoms with E-state index in [4.69, 9.17) is 0 Å². The Morgan fingerprint density at radius 2 is 2.05 bits per heavy atom. The molecule has 1 aromatic rings. The van der Waals surface area contributed by atoms with Gasteiger partial charge in [0, 0.05) is 30.4 Å². The van der Waals surface area contributed by atoms with Gasteiger partial charge in [-0.2, -0.15) is 0 Å². The fourth-order valence-corrected chi connectivity index (χ4v) is 3.04. The molecule has 122 valence electrons. The predicted octanol–water partition coefficient (Wildman–Crippen LogP) is 1.61. The van der Waals surface area contributed by atoms with Gasteiger partial charge in [-0.3, -0.25) is 9.69 Å². The quantitative estimate of drug-likeness (QED) is 0.863. The van der Waals surface area contributed by atoms with E-state index in [2.05, 4.69) is 24.2 Å². The van der Waals surface area contributed by atoms with Gasteiger partial charge < -0.3 is 5.32 Å². The topological polar surface area (TPSA) is 66.5 Å². The number of hydrogen-bond donors (Lipinski definition) is 1. The number of nitrogens with one attached hydrogen (secondary N) is 1. The van der Waals surface area contributed by atoms with Crippen molar-refractivity contribution in [3.63, 3.8) is 0 Å². The third-order valence-electron chi connectivity index (χ3n) is 4.26. The number of benzene rings is 1. The minimum absolute atomic E-state index is 0.173. The molecule has 0 aliphatic heterocycles. The number of carbonyl (C=O) groups is 1. The van der Waals surface area contributed by atoms with Crippen molar-refractivity contribution < 1.29 is 13.2 Å². The Morgan fingerprint density at radius 1 is 1.41 bits per heavy atom. The average Bonchev–Trinajstić information content (AvgIpc) is 3.27. The van der Waals surface area contributed by atoms with Gasteiger partial charge in [-0.1, -0.05) is 6.07 Å². The van der Waals surface area contributed by atoms with Crippen molar-refractivity contribution in [3.05, 3.63) is 29.3 Å². The summed E-state index contributed by atoms with van der Waals surface area (Å²) in [6, 6.07) is 5.56. The Kier molecular flexibility index (Phi) is 4.92. The number of sulfone groups is 1. The third kappa shape index (κ3) is 4.08. The van der Waals surface area contributed by atoms with Gasteiger partial charge >= 0.3 is 0 Å². The molecule has 0 spiro atoms. The van der Waals surface area contributed by atoms with Crippen molar-refractivity contribution in [1.82, 2.24) is 10.2 Å². The molecule has 1 aliphatic rings. The first-order valence-electron chi connectivity index (χ1n) is 7.51. The van der Waals surface area contributed by atoms with Crippen LogP contribution in [0.1, 0.15) is 35.7 Å². The largest absolute Gasteiger partial charge is 0.350 e. The smallest absolute Gasteiger partial charge is 0.251 e. The molecule has 0 aromatic heterocycles. The first-order valence-corrected chi connectivity index (χ1v) is 9.40. The molecule has 0 heterocycles. The Bertz CT molecular complexity index is 666. The van der Waals surface area contributed by atoms with Crippen LogP contribution in [0.2, 0.25) is 0 Å². The summed E-state index contributed by atoms with van der Waals surface area (Å²) in [7, 11) is -1.24. The summed E-state index contributed by atoms with van der Waals surface area (Å²) in [6.07, 6.45) is 3.60. The van der Waals surface area contributed by atoms with Crippen LogP contribution in [0, 0.1) is 6.92 Å². The zero-order valence-corrected chi connectivity index (χ0v) is 14.4. The van der Waals surface area contributed by atoms with Crippen molar-refractivity contribution in [1.29, 1.82) is 0 Å². The van der Waals surface area contributed by atoms with Crippen molar-refractivity contribution in [2.45, 2.75) is 43.7 Å². The Labute approximate surface area is 132 Å². The maximum absolute atomic E-state index is 12.3. The molecule has 22 heavy (non-hydrogen) atoms. The van der Waals surface area contributed by atoms with Crippen LogP contribution in [0.25, 0.3) is 0 Å². The van der Waals surface area contributed by atoms with Crippen LogP contribution in [-0.2, 0) is 9.84 Å². The maximum atomic E-state index is 12.3. The van der Waals surface area contributed by atoms with Crippen molar-refractivity contribution >= 4 is 15.7 Å². The molecule has 1 aliphatic carbocycles. The number of aryl methyl sites for hydroxylation is 1. The molecule has 1 saturated carbocycles. The second-order valence-electron chi connectivity index (χ2n) is 6.20. The number of rotatable bonds is 6. The fourth-order valence-electron chi connectivity index (χ4n) is 2.40. The summed E-state index contributed by atoms with van der Waals surface area (Å²) in [6.45, 7) is 4.44. The van der Waals surface area contributed by atoms with Gasteiger partial charge in [-0.15, -0.1) is 0 Å². The molecule has 2 rings (SSSR count). The van der Waals surface area contributed by atoms with E-state index in [0.29, 0.717) is 18.2 Å². The third-order valence-corrected chi connectivity index (χ3v) is 5.37. The zero-order chi connectivity index (χ0) is 16.5. The van der Waals surface area contributed by atoms with Crippen LogP contribution >= 0.6 is 0 Å². The molecule has 1 unspecified atom stereocenters. The van der Waals surface area contributed by atoms with Gasteiger partial charge in [0.1, 0.15) is 0 Å². The number of carbonyl (C=O) groups excluding carboxylic acids is 1. The van der Waals surface area contributed by atoms with E-state index >= 15 is 0 Å². The standard InChI is InChI=1S/C16H24N2O3S/c1-11-5-8-14(22(4,20)21)9-15(11)16(19)17-10-12(2)18(3)13-6-7-13/h5,8-9,12-13H,6-7,10H2,1-4H3,(H,17,19). The van der Waals surface area contributed by atoms with Crippen LogP contribution in [0.15, 0.2) is 23.1 Å². The normalized spacial score (nSPS) is 16.6. The maximum Gasteiger partial charge on any atom is 0.251 e. The van der Waals surface area contributed by atoms with Gasteiger partial charge in [0.15, 0.2) is 9.84 Å². The Morgan fingerprint density at radius 3 is 2.59 bits per heavy atom. The fraction of sp³-hybridized carbons (Fsp3) is 0.562. The second-order valence-corrected chi connectivity index (χ2v) is 8.22. The van der Waals surface area contributed by atoms with Crippen LogP contribution in [-0.4, -0.2) is 51.2 Å². The van der Waals surface area contributed by atoms with Crippen molar-refractivity contribution in [3.8, 4) is 0 Å². The van der Waals surface area contributed by atoms with E-state index in [1.54, 1.807) is 13.0 Å². The molecule has 1 N–H and O–H groups in total. The van der Waals surface area contributed by atoms with Crippen LogP contribution < -0.4 is 5.32 Å². The van der Waals surface area contributed by atoms with Crippen molar-refractivity contribution in [2.24, 2.45) is 0 Å².